The molecule has 0 unspecified atom stereocenters. The van der Waals surface area contributed by atoms with Gasteiger partial charge in [-0.1, -0.05) is 116 Å². The van der Waals surface area contributed by atoms with E-state index in [-0.39, 0.29) is 10.1 Å². The largest absolute Gasteiger partial charge is 0.413 e. The maximum absolute atomic E-state index is 10.5. The topological polar surface area (TPSA) is 38.7 Å². The van der Waals surface area contributed by atoms with Gasteiger partial charge in [-0.2, -0.15) is 0 Å². The molecule has 2 aromatic carbocycles. The van der Waals surface area contributed by atoms with Crippen molar-refractivity contribution in [1.29, 1.82) is 0 Å². The fourth-order valence-electron chi connectivity index (χ4n) is 4.01. The van der Waals surface area contributed by atoms with Crippen LogP contribution in [-0.4, -0.2) is 27.3 Å². The molecule has 0 aromatic heterocycles. The van der Waals surface area contributed by atoms with E-state index in [0.29, 0.717) is 26.1 Å². The van der Waals surface area contributed by atoms with Gasteiger partial charge in [0.15, 0.2) is 16.6 Å². The van der Waals surface area contributed by atoms with E-state index in [1.54, 1.807) is 0 Å². The monoisotopic (exact) mass is 620 g/mol. The van der Waals surface area contributed by atoms with E-state index in [1.165, 1.54) is 16.7 Å². The molecular formula is C38H60O3Si2. The normalized spacial score (nSPS) is 14.3. The number of hydrogen-bond acceptors (Lipinski definition) is 3. The standard InChI is InChI=1S/C38H60O3Si2/c1-14-38(39,15-2)25-17-18-30(3)33-20-16-19-31(26-33)21-22-32-23-24-34(28-40-42(10,11)36(4,5)6)35(27-32)29-41-43(12,13)37(7,8)9/h16-27,39H,14-15,28-29H2,1-13H3. The first-order valence-corrected chi connectivity index (χ1v) is 21.8. The first kappa shape index (κ1) is 37.2. The summed E-state index contributed by atoms with van der Waals surface area (Å²) in [6, 6.07) is 15.3. The van der Waals surface area contributed by atoms with Gasteiger partial charge in [0.2, 0.25) is 0 Å². The molecule has 0 fully saturated rings. The molecule has 0 amide bonds. The zero-order chi connectivity index (χ0) is 32.7. The van der Waals surface area contributed by atoms with Gasteiger partial charge in [0, 0.05) is 0 Å². The second kappa shape index (κ2) is 14.8. The van der Waals surface area contributed by atoms with Gasteiger partial charge in [0.1, 0.15) is 0 Å². The average Bonchev–Trinajstić information content (AvgIpc) is 2.93. The Bertz CT molecular complexity index is 1280. The summed E-state index contributed by atoms with van der Waals surface area (Å²) in [5, 5.41) is 10.9. The van der Waals surface area contributed by atoms with E-state index in [9.17, 15) is 5.11 Å². The molecule has 0 aliphatic carbocycles. The Morgan fingerprint density at radius 3 is 1.77 bits per heavy atom. The fourth-order valence-corrected chi connectivity index (χ4v) is 5.91. The maximum Gasteiger partial charge on any atom is 0.192 e. The Kier molecular flexibility index (Phi) is 12.8. The lowest BCUT2D eigenvalue weighted by Crippen LogP contribution is -2.41. The van der Waals surface area contributed by atoms with Crippen LogP contribution in [0.4, 0.5) is 0 Å². The third kappa shape index (κ3) is 10.8. The molecular weight excluding hydrogens is 561 g/mol. The summed E-state index contributed by atoms with van der Waals surface area (Å²) in [7, 11) is -3.78. The van der Waals surface area contributed by atoms with Gasteiger partial charge in [-0.15, -0.1) is 0 Å². The van der Waals surface area contributed by atoms with Crippen LogP contribution in [0.15, 0.2) is 60.7 Å². The number of benzene rings is 2. The van der Waals surface area contributed by atoms with E-state index in [0.717, 1.165) is 16.7 Å². The Morgan fingerprint density at radius 2 is 1.26 bits per heavy atom. The molecule has 1 N–H and O–H groups in total. The lowest BCUT2D eigenvalue weighted by molar-refractivity contribution is 0.0828. The van der Waals surface area contributed by atoms with Gasteiger partial charge in [0.25, 0.3) is 0 Å². The van der Waals surface area contributed by atoms with Crippen molar-refractivity contribution < 1.29 is 14.0 Å². The zero-order valence-corrected chi connectivity index (χ0v) is 31.5. The van der Waals surface area contributed by atoms with E-state index in [2.05, 4.69) is 135 Å². The maximum atomic E-state index is 10.5. The molecule has 0 heterocycles. The molecule has 0 bridgehead atoms. The third-order valence-electron chi connectivity index (χ3n) is 9.81. The summed E-state index contributed by atoms with van der Waals surface area (Å²) < 4.78 is 13.3. The van der Waals surface area contributed by atoms with Crippen molar-refractivity contribution in [2.75, 3.05) is 0 Å². The molecule has 0 spiro atoms. The summed E-state index contributed by atoms with van der Waals surface area (Å²) in [4.78, 5) is 0. The van der Waals surface area contributed by atoms with Gasteiger partial charge >= 0.3 is 0 Å². The second-order valence-electron chi connectivity index (χ2n) is 15.1. The summed E-state index contributed by atoms with van der Waals surface area (Å²) in [6.07, 6.45) is 11.8. The number of aliphatic hydroxyl groups is 1. The van der Waals surface area contributed by atoms with E-state index in [4.69, 9.17) is 8.85 Å². The van der Waals surface area contributed by atoms with Crippen molar-refractivity contribution in [3.8, 4) is 0 Å². The molecule has 5 heteroatoms. The molecule has 0 saturated carbocycles. The molecule has 238 valence electrons. The number of hydrogen-bond donors (Lipinski definition) is 1. The Morgan fingerprint density at radius 1 is 0.744 bits per heavy atom. The highest BCUT2D eigenvalue weighted by Crippen LogP contribution is 2.39. The Balaban J connectivity index is 2.34. The summed E-state index contributed by atoms with van der Waals surface area (Å²) in [5.41, 5.74) is 6.34. The molecule has 0 aliphatic heterocycles. The molecule has 2 rings (SSSR count). The molecule has 0 radical (unpaired) electrons. The predicted molar refractivity (Wildman–Crippen MR) is 194 cm³/mol. The van der Waals surface area contributed by atoms with Gasteiger partial charge < -0.3 is 14.0 Å². The van der Waals surface area contributed by atoms with Crippen LogP contribution in [0.2, 0.25) is 36.3 Å². The third-order valence-corrected chi connectivity index (χ3v) is 18.8. The van der Waals surface area contributed by atoms with Crippen LogP contribution in [-0.2, 0) is 22.1 Å². The summed E-state index contributed by atoms with van der Waals surface area (Å²) >= 11 is 0. The van der Waals surface area contributed by atoms with Crippen LogP contribution in [0, 0.1) is 0 Å². The van der Waals surface area contributed by atoms with Gasteiger partial charge in [-0.3, -0.25) is 0 Å². The van der Waals surface area contributed by atoms with Crippen molar-refractivity contribution in [2.45, 2.75) is 130 Å². The van der Waals surface area contributed by atoms with Crippen molar-refractivity contribution in [3.63, 3.8) is 0 Å². The first-order chi connectivity index (χ1) is 19.7. The average molecular weight is 621 g/mol. The smallest absolute Gasteiger partial charge is 0.192 e. The van der Waals surface area contributed by atoms with E-state index < -0.39 is 22.2 Å². The van der Waals surface area contributed by atoms with Crippen LogP contribution in [0.25, 0.3) is 17.7 Å². The van der Waals surface area contributed by atoms with Gasteiger partial charge in [0.05, 0.1) is 18.8 Å². The van der Waals surface area contributed by atoms with E-state index >= 15 is 0 Å². The number of rotatable bonds is 13. The highest BCUT2D eigenvalue weighted by atomic mass is 28.4. The quantitative estimate of drug-likeness (QED) is 0.137. The van der Waals surface area contributed by atoms with Crippen LogP contribution < -0.4 is 0 Å². The van der Waals surface area contributed by atoms with Crippen molar-refractivity contribution >= 4 is 34.4 Å². The highest BCUT2D eigenvalue weighted by molar-refractivity contribution is 6.74. The lowest BCUT2D eigenvalue weighted by Gasteiger charge is -2.37. The Labute approximate surface area is 266 Å². The van der Waals surface area contributed by atoms with Crippen molar-refractivity contribution in [1.82, 2.24) is 0 Å². The van der Waals surface area contributed by atoms with Gasteiger partial charge in [-0.05, 0) is 102 Å². The van der Waals surface area contributed by atoms with Crippen LogP contribution in [0.5, 0.6) is 0 Å². The molecule has 0 saturated heterocycles. The van der Waals surface area contributed by atoms with Crippen molar-refractivity contribution in [2.24, 2.45) is 0 Å². The zero-order valence-electron chi connectivity index (χ0n) is 29.5. The lowest BCUT2D eigenvalue weighted by atomic mass is 9.96. The molecule has 43 heavy (non-hydrogen) atoms. The molecule has 0 aliphatic rings. The second-order valence-corrected chi connectivity index (χ2v) is 24.7. The van der Waals surface area contributed by atoms with Crippen molar-refractivity contribution in [3.05, 3.63) is 88.5 Å². The molecule has 0 atom stereocenters. The molecule has 2 aromatic rings. The fraction of sp³-hybridized carbons (Fsp3) is 0.526. The number of allylic oxidation sites excluding steroid dienone is 3. The minimum atomic E-state index is -1.90. The highest BCUT2D eigenvalue weighted by Gasteiger charge is 2.38. The summed E-state index contributed by atoms with van der Waals surface area (Å²) in [5.74, 6) is 0. The minimum Gasteiger partial charge on any atom is -0.413 e. The first-order valence-electron chi connectivity index (χ1n) is 16.0. The SMILES string of the molecule is CCC(O)(C=CC=C(C)c1cccc(C=Cc2ccc(CO[Si](C)(C)C(C)(C)C)c(CO[Si](C)(C)C(C)(C)C)c2)c1)CC. The summed E-state index contributed by atoms with van der Waals surface area (Å²) in [6.45, 7) is 30.4. The van der Waals surface area contributed by atoms with Gasteiger partial charge in [-0.25, -0.2) is 0 Å². The minimum absolute atomic E-state index is 0.156. The van der Waals surface area contributed by atoms with Crippen LogP contribution in [0.1, 0.15) is 103 Å². The molecule has 3 nitrogen and oxygen atoms in total. The van der Waals surface area contributed by atoms with E-state index in [1.807, 2.05) is 26.0 Å². The van der Waals surface area contributed by atoms with Crippen LogP contribution >= 0.6 is 0 Å². The Hall–Kier alpha value is -2.03. The predicted octanol–water partition coefficient (Wildman–Crippen LogP) is 11.4. The van der Waals surface area contributed by atoms with Crippen LogP contribution in [0.3, 0.4) is 0 Å².